The fourth-order valence-corrected chi connectivity index (χ4v) is 4.33. The summed E-state index contributed by atoms with van der Waals surface area (Å²) < 4.78 is 38.3. The Morgan fingerprint density at radius 2 is 1.78 bits per heavy atom. The minimum atomic E-state index is -4.34. The van der Waals surface area contributed by atoms with Crippen LogP contribution in [0.4, 0.5) is 13.2 Å². The maximum atomic E-state index is 12.8. The molecule has 1 aliphatic rings. The summed E-state index contributed by atoms with van der Waals surface area (Å²) in [6.07, 6.45) is 0.448. The zero-order valence-corrected chi connectivity index (χ0v) is 18.3. The highest BCUT2D eigenvalue weighted by Crippen LogP contribution is 2.38. The van der Waals surface area contributed by atoms with E-state index in [1.165, 1.54) is 12.1 Å². The van der Waals surface area contributed by atoms with Gasteiger partial charge in [-0.2, -0.15) is 13.2 Å². The van der Waals surface area contributed by atoms with Gasteiger partial charge in [-0.1, -0.05) is 49.5 Å². The zero-order chi connectivity index (χ0) is 23.4. The molecule has 1 unspecified atom stereocenters. The molecule has 0 aromatic heterocycles. The largest absolute Gasteiger partial charge is 0.480 e. The number of alkyl halides is 3. The summed E-state index contributed by atoms with van der Waals surface area (Å²) in [5.41, 5.74) is 7.06. The number of carboxylic acids is 1. The van der Waals surface area contributed by atoms with E-state index in [9.17, 15) is 23.1 Å². The summed E-state index contributed by atoms with van der Waals surface area (Å²) in [6, 6.07) is 13.0. The Hall–Kier alpha value is -2.32. The Kier molecular flexibility index (Phi) is 7.67. The van der Waals surface area contributed by atoms with Gasteiger partial charge in [0.2, 0.25) is 0 Å². The molecule has 4 nitrogen and oxygen atoms in total. The number of aliphatic carboxylic acids is 1. The van der Waals surface area contributed by atoms with Gasteiger partial charge in [0.1, 0.15) is 13.4 Å². The number of hydrogen-bond donors (Lipinski definition) is 3. The fraction of sp³-hybridized carbons (Fsp3) is 0.458. The van der Waals surface area contributed by atoms with E-state index in [-0.39, 0.29) is 12.0 Å². The number of unbranched alkanes of at least 4 members (excludes halogenated alkanes) is 1. The smallest absolute Gasteiger partial charge is 0.416 e. The average Bonchev–Trinajstić information content (AvgIpc) is 2.72. The van der Waals surface area contributed by atoms with Crippen LogP contribution in [0.5, 0.6) is 0 Å². The van der Waals surface area contributed by atoms with E-state index in [4.69, 9.17) is 5.73 Å². The van der Waals surface area contributed by atoms with Gasteiger partial charge in [0.15, 0.2) is 0 Å². The summed E-state index contributed by atoms with van der Waals surface area (Å²) in [5.74, 6) is -0.950. The second kappa shape index (κ2) is 10.1. The molecule has 4 N–H and O–H groups in total. The Bertz CT molecular complexity index is 914. The van der Waals surface area contributed by atoms with Crippen molar-refractivity contribution in [2.24, 2.45) is 11.7 Å². The first-order valence-corrected chi connectivity index (χ1v) is 11.2. The van der Waals surface area contributed by atoms with Crippen LogP contribution in [-0.2, 0) is 17.5 Å². The number of carboxylic acid groups (broad SMARTS) is 1. The van der Waals surface area contributed by atoms with E-state index in [0.29, 0.717) is 13.0 Å². The third kappa shape index (κ3) is 5.72. The molecule has 0 heterocycles. The van der Waals surface area contributed by atoms with Gasteiger partial charge >= 0.3 is 12.1 Å². The molecule has 0 amide bonds. The van der Waals surface area contributed by atoms with Crippen molar-refractivity contribution >= 4 is 13.8 Å². The van der Waals surface area contributed by atoms with Crippen LogP contribution in [0.25, 0.3) is 11.1 Å². The lowest BCUT2D eigenvalue weighted by Gasteiger charge is -2.45. The predicted molar refractivity (Wildman–Crippen MR) is 122 cm³/mol. The number of benzene rings is 2. The Morgan fingerprint density at radius 1 is 1.09 bits per heavy atom. The lowest BCUT2D eigenvalue weighted by Crippen LogP contribution is -2.60. The molecule has 1 fully saturated rings. The number of rotatable bonds is 10. The van der Waals surface area contributed by atoms with Crippen molar-refractivity contribution in [2.45, 2.75) is 62.7 Å². The van der Waals surface area contributed by atoms with Gasteiger partial charge in [-0.25, -0.2) is 0 Å². The monoisotopic (exact) mass is 446 g/mol. The van der Waals surface area contributed by atoms with E-state index < -0.39 is 23.2 Å². The molecule has 8 heteroatoms. The first-order chi connectivity index (χ1) is 15.1. The van der Waals surface area contributed by atoms with E-state index >= 15 is 0 Å². The summed E-state index contributed by atoms with van der Waals surface area (Å²) in [7, 11) is 2.08. The van der Waals surface area contributed by atoms with Gasteiger partial charge in [0.05, 0.1) is 5.56 Å². The molecular weight excluding hydrogens is 416 g/mol. The number of carbonyl (C=O) groups is 1. The van der Waals surface area contributed by atoms with Crippen molar-refractivity contribution in [2.75, 3.05) is 0 Å². The van der Waals surface area contributed by atoms with Crippen molar-refractivity contribution < 1.29 is 23.1 Å². The molecule has 0 spiro atoms. The first kappa shape index (κ1) is 24.3. The third-order valence-electron chi connectivity index (χ3n) is 6.53. The van der Waals surface area contributed by atoms with E-state index in [1.54, 1.807) is 0 Å². The van der Waals surface area contributed by atoms with Crippen molar-refractivity contribution in [1.29, 1.82) is 0 Å². The molecule has 172 valence electrons. The quantitative estimate of drug-likeness (QED) is 0.377. The first-order valence-electron chi connectivity index (χ1n) is 11.2. The summed E-state index contributed by atoms with van der Waals surface area (Å²) in [5, 5.41) is 13.1. The molecule has 32 heavy (non-hydrogen) atoms. The highest BCUT2D eigenvalue weighted by molar-refractivity contribution is 6.08. The Morgan fingerprint density at radius 3 is 2.38 bits per heavy atom. The molecule has 0 radical (unpaired) electrons. The van der Waals surface area contributed by atoms with Crippen molar-refractivity contribution in [3.05, 3.63) is 59.7 Å². The van der Waals surface area contributed by atoms with Crippen LogP contribution in [0.2, 0.25) is 6.32 Å². The summed E-state index contributed by atoms with van der Waals surface area (Å²) in [4.78, 5) is 11.8. The molecule has 0 bridgehead atoms. The number of nitrogens with two attached hydrogens (primary N) is 1. The molecule has 1 aliphatic carbocycles. The maximum Gasteiger partial charge on any atom is 0.416 e. The van der Waals surface area contributed by atoms with E-state index in [0.717, 1.165) is 60.8 Å². The van der Waals surface area contributed by atoms with Gasteiger partial charge in [0.25, 0.3) is 0 Å². The molecular formula is C24H30BF3N2O2. The lowest BCUT2D eigenvalue weighted by molar-refractivity contribution is -0.148. The van der Waals surface area contributed by atoms with Crippen molar-refractivity contribution in [1.82, 2.24) is 5.32 Å². The van der Waals surface area contributed by atoms with Gasteiger partial charge < -0.3 is 16.2 Å². The zero-order valence-electron chi connectivity index (χ0n) is 18.3. The van der Waals surface area contributed by atoms with Crippen molar-refractivity contribution in [3.63, 3.8) is 0 Å². The third-order valence-corrected chi connectivity index (χ3v) is 6.53. The van der Waals surface area contributed by atoms with Crippen LogP contribution in [0.3, 0.4) is 0 Å². The fourth-order valence-electron chi connectivity index (χ4n) is 4.33. The Balaban J connectivity index is 1.55. The van der Waals surface area contributed by atoms with Crippen LogP contribution in [0, 0.1) is 5.92 Å². The van der Waals surface area contributed by atoms with E-state index in [1.807, 2.05) is 24.3 Å². The normalized spacial score (nSPS) is 20.4. The minimum Gasteiger partial charge on any atom is -0.480 e. The highest BCUT2D eigenvalue weighted by atomic mass is 19.4. The summed E-state index contributed by atoms with van der Waals surface area (Å²) in [6.45, 7) is 0.604. The van der Waals surface area contributed by atoms with Crippen molar-refractivity contribution in [3.8, 4) is 11.1 Å². The molecule has 2 aromatic carbocycles. The number of hydrogen-bond acceptors (Lipinski definition) is 3. The highest BCUT2D eigenvalue weighted by Gasteiger charge is 2.47. The van der Waals surface area contributed by atoms with Crippen LogP contribution >= 0.6 is 0 Å². The average molecular weight is 446 g/mol. The lowest BCUT2D eigenvalue weighted by atomic mass is 9.66. The van der Waals surface area contributed by atoms with Gasteiger partial charge in [-0.05, 0) is 60.1 Å². The Labute approximate surface area is 187 Å². The molecule has 3 rings (SSSR count). The molecule has 1 saturated carbocycles. The molecule has 2 aromatic rings. The molecule has 0 saturated heterocycles. The summed E-state index contributed by atoms with van der Waals surface area (Å²) >= 11 is 0. The van der Waals surface area contributed by atoms with Gasteiger partial charge in [-0.15, -0.1) is 0 Å². The van der Waals surface area contributed by atoms with Crippen LogP contribution in [0.15, 0.2) is 48.5 Å². The molecule has 1 atom stereocenters. The second-order valence-corrected chi connectivity index (χ2v) is 8.82. The second-order valence-electron chi connectivity index (χ2n) is 8.82. The standard InChI is InChI=1S/C24H30BF3N2O2/c25-11-2-1-10-23(29,22(31)32)20-13-21(14-20)30-15-16-4-3-5-18(12-16)17-6-8-19(9-7-17)24(26,27)28/h3-9,12,20-21,30H,1-2,10-11,13-15,25,29H2,(H,31,32)/t20-,21+,23?. The van der Waals surface area contributed by atoms with Crippen LogP contribution in [0.1, 0.15) is 43.2 Å². The number of halogens is 3. The number of nitrogens with one attached hydrogen (secondary N) is 1. The minimum absolute atomic E-state index is 0.0344. The van der Waals surface area contributed by atoms with Crippen LogP contribution in [-0.4, -0.2) is 30.5 Å². The SMILES string of the molecule is BCCCCC(N)(C(=O)O)[C@H]1C[C@@H](NCc2cccc(-c3ccc(C(F)(F)F)cc3)c2)C1. The van der Waals surface area contributed by atoms with Crippen LogP contribution < -0.4 is 11.1 Å². The van der Waals surface area contributed by atoms with Gasteiger partial charge in [-0.3, -0.25) is 4.79 Å². The predicted octanol–water partition coefficient (Wildman–Crippen LogP) is 4.24. The topological polar surface area (TPSA) is 75.4 Å². The van der Waals surface area contributed by atoms with Gasteiger partial charge in [0, 0.05) is 12.6 Å². The molecule has 0 aliphatic heterocycles. The van der Waals surface area contributed by atoms with E-state index in [2.05, 4.69) is 13.2 Å². The maximum absolute atomic E-state index is 12.8.